The molecule has 2 heterocycles. The topological polar surface area (TPSA) is 91.1 Å². The molecule has 1 aliphatic rings. The SMILES string of the molecule is CCNC(=NCC(=O)NCc1ccco1)NCC(c1ccc(F)cc1)N1CCOCC1.I. The van der Waals surface area contributed by atoms with Crippen molar-refractivity contribution in [3.05, 3.63) is 59.8 Å². The number of hydrogen-bond acceptors (Lipinski definition) is 5. The first kappa shape index (κ1) is 26.1. The number of ether oxygens (including phenoxy) is 1. The van der Waals surface area contributed by atoms with Crippen LogP contribution in [-0.4, -0.2) is 62.7 Å². The first-order chi connectivity index (χ1) is 15.2. The Morgan fingerprint density at radius 1 is 1.16 bits per heavy atom. The van der Waals surface area contributed by atoms with Crippen LogP contribution >= 0.6 is 24.0 Å². The van der Waals surface area contributed by atoms with E-state index in [1.807, 2.05) is 19.1 Å². The van der Waals surface area contributed by atoms with Gasteiger partial charge in [-0.3, -0.25) is 9.69 Å². The van der Waals surface area contributed by atoms with Gasteiger partial charge >= 0.3 is 0 Å². The number of hydrogen-bond donors (Lipinski definition) is 3. The lowest BCUT2D eigenvalue weighted by Crippen LogP contribution is -2.46. The molecule has 3 rings (SSSR count). The second kappa shape index (κ2) is 14.1. The Balaban J connectivity index is 0.00000363. The van der Waals surface area contributed by atoms with Crippen LogP contribution < -0.4 is 16.0 Å². The summed E-state index contributed by atoms with van der Waals surface area (Å²) in [5.41, 5.74) is 1.02. The van der Waals surface area contributed by atoms with Crippen LogP contribution in [0.4, 0.5) is 4.39 Å². The van der Waals surface area contributed by atoms with E-state index in [2.05, 4.69) is 25.8 Å². The number of carbonyl (C=O) groups excluding carboxylic acids is 1. The lowest BCUT2D eigenvalue weighted by atomic mass is 10.0. The Labute approximate surface area is 205 Å². The van der Waals surface area contributed by atoms with Gasteiger partial charge in [-0.1, -0.05) is 12.1 Å². The molecule has 32 heavy (non-hydrogen) atoms. The van der Waals surface area contributed by atoms with E-state index in [4.69, 9.17) is 9.15 Å². The van der Waals surface area contributed by atoms with Crippen molar-refractivity contribution >= 4 is 35.8 Å². The fraction of sp³-hybridized carbons (Fsp3) is 0.455. The number of guanidine groups is 1. The Kier molecular flexibility index (Phi) is 11.5. The number of carbonyl (C=O) groups is 1. The summed E-state index contributed by atoms with van der Waals surface area (Å²) in [5.74, 6) is 0.788. The molecule has 0 radical (unpaired) electrons. The molecule has 176 valence electrons. The van der Waals surface area contributed by atoms with Gasteiger partial charge in [0.15, 0.2) is 5.96 Å². The van der Waals surface area contributed by atoms with E-state index in [9.17, 15) is 9.18 Å². The Morgan fingerprint density at radius 3 is 2.56 bits per heavy atom. The molecule has 1 saturated heterocycles. The quantitative estimate of drug-likeness (QED) is 0.248. The number of rotatable bonds is 9. The van der Waals surface area contributed by atoms with Gasteiger partial charge in [0, 0.05) is 26.2 Å². The number of morpholine rings is 1. The first-order valence-corrected chi connectivity index (χ1v) is 10.5. The van der Waals surface area contributed by atoms with Gasteiger partial charge in [0.05, 0.1) is 32.1 Å². The lowest BCUT2D eigenvalue weighted by molar-refractivity contribution is -0.119. The van der Waals surface area contributed by atoms with Crippen molar-refractivity contribution in [3.8, 4) is 0 Å². The molecule has 0 spiro atoms. The molecule has 1 aromatic carbocycles. The van der Waals surface area contributed by atoms with E-state index < -0.39 is 0 Å². The van der Waals surface area contributed by atoms with Crippen LogP contribution in [0.3, 0.4) is 0 Å². The third-order valence-electron chi connectivity index (χ3n) is 4.97. The van der Waals surface area contributed by atoms with E-state index in [0.717, 1.165) is 18.7 Å². The van der Waals surface area contributed by atoms with Crippen molar-refractivity contribution < 1.29 is 18.3 Å². The molecule has 8 nitrogen and oxygen atoms in total. The number of nitrogens with zero attached hydrogens (tertiary/aromatic N) is 2. The molecular formula is C22H31FIN5O3. The minimum atomic E-state index is -0.257. The van der Waals surface area contributed by atoms with E-state index in [1.54, 1.807) is 18.4 Å². The minimum Gasteiger partial charge on any atom is -0.467 e. The van der Waals surface area contributed by atoms with Crippen molar-refractivity contribution in [1.29, 1.82) is 0 Å². The minimum absolute atomic E-state index is 0. The molecule has 1 aliphatic heterocycles. The summed E-state index contributed by atoms with van der Waals surface area (Å²) >= 11 is 0. The van der Waals surface area contributed by atoms with Gasteiger partial charge in [0.1, 0.15) is 18.1 Å². The largest absolute Gasteiger partial charge is 0.467 e. The molecule has 2 aromatic rings. The zero-order chi connectivity index (χ0) is 21.9. The maximum absolute atomic E-state index is 13.4. The van der Waals surface area contributed by atoms with Crippen LogP contribution in [0.15, 0.2) is 52.1 Å². The summed E-state index contributed by atoms with van der Waals surface area (Å²) in [7, 11) is 0. The average Bonchev–Trinajstić information content (AvgIpc) is 3.32. The molecule has 1 amide bonds. The van der Waals surface area contributed by atoms with Crippen molar-refractivity contribution in [2.75, 3.05) is 45.9 Å². The summed E-state index contributed by atoms with van der Waals surface area (Å²) in [5, 5.41) is 9.26. The molecule has 0 saturated carbocycles. The van der Waals surface area contributed by atoms with Crippen molar-refractivity contribution in [3.63, 3.8) is 0 Å². The highest BCUT2D eigenvalue weighted by molar-refractivity contribution is 14.0. The van der Waals surface area contributed by atoms with Crippen LogP contribution in [0.2, 0.25) is 0 Å². The Bertz CT molecular complexity index is 827. The third kappa shape index (κ3) is 8.40. The predicted octanol–water partition coefficient (Wildman–Crippen LogP) is 2.28. The molecule has 1 unspecified atom stereocenters. The highest BCUT2D eigenvalue weighted by Crippen LogP contribution is 2.21. The zero-order valence-electron chi connectivity index (χ0n) is 18.2. The molecular weight excluding hydrogens is 528 g/mol. The van der Waals surface area contributed by atoms with Crippen LogP contribution in [0.25, 0.3) is 0 Å². The van der Waals surface area contributed by atoms with Gasteiger partial charge in [0.25, 0.3) is 0 Å². The third-order valence-corrected chi connectivity index (χ3v) is 4.97. The van der Waals surface area contributed by atoms with Crippen LogP contribution in [-0.2, 0) is 16.1 Å². The lowest BCUT2D eigenvalue weighted by Gasteiger charge is -2.35. The summed E-state index contributed by atoms with van der Waals surface area (Å²) in [6.45, 7) is 6.45. The van der Waals surface area contributed by atoms with Crippen molar-refractivity contribution in [1.82, 2.24) is 20.9 Å². The fourth-order valence-corrected chi connectivity index (χ4v) is 3.37. The second-order valence-corrected chi connectivity index (χ2v) is 7.15. The molecule has 0 aliphatic carbocycles. The van der Waals surface area contributed by atoms with Gasteiger partial charge in [-0.05, 0) is 36.8 Å². The number of amides is 1. The molecule has 10 heteroatoms. The van der Waals surface area contributed by atoms with Gasteiger partial charge in [-0.2, -0.15) is 0 Å². The van der Waals surface area contributed by atoms with E-state index in [1.165, 1.54) is 12.1 Å². The van der Waals surface area contributed by atoms with E-state index in [-0.39, 0.29) is 48.3 Å². The smallest absolute Gasteiger partial charge is 0.242 e. The molecule has 1 atom stereocenters. The number of nitrogens with one attached hydrogen (secondary N) is 3. The van der Waals surface area contributed by atoms with Gasteiger partial charge in [-0.25, -0.2) is 9.38 Å². The normalized spacial score (nSPS) is 15.5. The molecule has 0 bridgehead atoms. The second-order valence-electron chi connectivity index (χ2n) is 7.15. The average molecular weight is 559 g/mol. The Morgan fingerprint density at radius 2 is 1.91 bits per heavy atom. The predicted molar refractivity (Wildman–Crippen MR) is 131 cm³/mol. The summed E-state index contributed by atoms with van der Waals surface area (Å²) < 4.78 is 24.1. The summed E-state index contributed by atoms with van der Waals surface area (Å²) in [4.78, 5) is 18.8. The molecule has 1 fully saturated rings. The maximum atomic E-state index is 13.4. The van der Waals surface area contributed by atoms with Crippen molar-refractivity contribution in [2.45, 2.75) is 19.5 Å². The van der Waals surface area contributed by atoms with E-state index >= 15 is 0 Å². The van der Waals surface area contributed by atoms with Gasteiger partial charge < -0.3 is 25.1 Å². The summed E-state index contributed by atoms with van der Waals surface area (Å²) in [6.07, 6.45) is 1.57. The van der Waals surface area contributed by atoms with Crippen molar-refractivity contribution in [2.24, 2.45) is 4.99 Å². The van der Waals surface area contributed by atoms with E-state index in [0.29, 0.717) is 44.6 Å². The highest BCUT2D eigenvalue weighted by atomic mass is 127. The Hall–Kier alpha value is -2.18. The molecule has 3 N–H and O–H groups in total. The number of halogens is 2. The number of furan rings is 1. The summed E-state index contributed by atoms with van der Waals surface area (Å²) in [6, 6.07) is 10.2. The monoisotopic (exact) mass is 559 g/mol. The number of benzene rings is 1. The molecule has 1 aromatic heterocycles. The standard InChI is InChI=1S/C22H30FN5O3.HI/c1-2-24-22(27-16-21(29)25-14-19-4-3-11-31-19)26-15-20(28-9-12-30-13-10-28)17-5-7-18(23)8-6-17;/h3-8,11,20H,2,9-10,12-16H2,1H3,(H,25,29)(H2,24,26,27);1H. The highest BCUT2D eigenvalue weighted by Gasteiger charge is 2.23. The van der Waals surface area contributed by atoms with Gasteiger partial charge in [-0.15, -0.1) is 24.0 Å². The van der Waals surface area contributed by atoms with Crippen LogP contribution in [0.5, 0.6) is 0 Å². The maximum Gasteiger partial charge on any atom is 0.242 e. The van der Waals surface area contributed by atoms with Crippen LogP contribution in [0, 0.1) is 5.82 Å². The zero-order valence-corrected chi connectivity index (χ0v) is 20.5. The van der Waals surface area contributed by atoms with Crippen LogP contribution in [0.1, 0.15) is 24.3 Å². The fourth-order valence-electron chi connectivity index (χ4n) is 3.37. The number of aliphatic imine (C=N–C) groups is 1. The first-order valence-electron chi connectivity index (χ1n) is 10.5. The van der Waals surface area contributed by atoms with Gasteiger partial charge in [0.2, 0.25) is 5.91 Å².